The van der Waals surface area contributed by atoms with Crippen LogP contribution in [0.2, 0.25) is 5.02 Å². The smallest absolute Gasteiger partial charge is 0.226 e. The number of hydrogen-bond acceptors (Lipinski definition) is 4. The lowest BCUT2D eigenvalue weighted by Gasteiger charge is -2.39. The van der Waals surface area contributed by atoms with Gasteiger partial charge in [-0.1, -0.05) is 65.7 Å². The number of ether oxygens (including phenoxy) is 1. The van der Waals surface area contributed by atoms with E-state index in [1.807, 2.05) is 47.1 Å². The van der Waals surface area contributed by atoms with Gasteiger partial charge in [-0.25, -0.2) is 4.68 Å². The molecule has 1 N–H and O–H groups in total. The Labute approximate surface area is 185 Å². The zero-order chi connectivity index (χ0) is 20.9. The minimum atomic E-state index is -0.268. The van der Waals surface area contributed by atoms with Crippen molar-refractivity contribution in [3.05, 3.63) is 112 Å². The number of aromatic nitrogens is 3. The highest BCUT2D eigenvalue weighted by atomic mass is 35.5. The fourth-order valence-corrected chi connectivity index (χ4v) is 4.53. The molecule has 0 aliphatic carbocycles. The molecule has 6 rings (SSSR count). The van der Waals surface area contributed by atoms with Gasteiger partial charge in [0.25, 0.3) is 0 Å². The molecule has 1 aromatic heterocycles. The molecule has 0 unspecified atom stereocenters. The van der Waals surface area contributed by atoms with E-state index in [0.29, 0.717) is 11.0 Å². The van der Waals surface area contributed by atoms with Crippen LogP contribution in [0.25, 0.3) is 5.70 Å². The SMILES string of the molecule is Cc1ccc([C@H]2Oc3ccccc3C3=C2[C@@H](c2ccc(Cl)cc2)n2ncnc2N3)cc1. The second-order valence-corrected chi connectivity index (χ2v) is 8.28. The molecule has 0 saturated heterocycles. The summed E-state index contributed by atoms with van der Waals surface area (Å²) in [6, 6.07) is 24.4. The van der Waals surface area contributed by atoms with Crippen molar-refractivity contribution < 1.29 is 4.74 Å². The van der Waals surface area contributed by atoms with Crippen LogP contribution < -0.4 is 10.1 Å². The third-order valence-electron chi connectivity index (χ3n) is 5.89. The summed E-state index contributed by atoms with van der Waals surface area (Å²) in [7, 11) is 0. The molecule has 0 radical (unpaired) electrons. The van der Waals surface area contributed by atoms with Crippen LogP contribution in [0.1, 0.15) is 34.4 Å². The molecule has 31 heavy (non-hydrogen) atoms. The van der Waals surface area contributed by atoms with Gasteiger partial charge in [-0.05, 0) is 42.3 Å². The fourth-order valence-electron chi connectivity index (χ4n) is 4.40. The number of rotatable bonds is 2. The van der Waals surface area contributed by atoms with Crippen molar-refractivity contribution in [3.8, 4) is 5.75 Å². The van der Waals surface area contributed by atoms with Gasteiger partial charge >= 0.3 is 0 Å². The highest BCUT2D eigenvalue weighted by molar-refractivity contribution is 6.30. The van der Waals surface area contributed by atoms with Gasteiger partial charge < -0.3 is 10.1 Å². The van der Waals surface area contributed by atoms with Gasteiger partial charge in [-0.3, -0.25) is 0 Å². The first-order valence-corrected chi connectivity index (χ1v) is 10.6. The second-order valence-electron chi connectivity index (χ2n) is 7.84. The molecule has 0 saturated carbocycles. The van der Waals surface area contributed by atoms with Gasteiger partial charge in [0.2, 0.25) is 5.95 Å². The van der Waals surface area contributed by atoms with E-state index in [1.54, 1.807) is 6.33 Å². The topological polar surface area (TPSA) is 52.0 Å². The molecule has 4 aromatic rings. The summed E-state index contributed by atoms with van der Waals surface area (Å²) < 4.78 is 8.53. The Balaban J connectivity index is 1.62. The highest BCUT2D eigenvalue weighted by Gasteiger charge is 2.40. The van der Waals surface area contributed by atoms with E-state index in [0.717, 1.165) is 33.7 Å². The standard InChI is InChI=1S/C25H19ClN4O/c1-15-6-8-17(9-7-15)24-21-22(19-4-2-3-5-20(19)31-24)29-25-27-14-28-30(25)23(21)16-10-12-18(26)13-11-16/h2-14,23-24H,1H3,(H,27,28,29)/t23-,24-/m1/s1. The van der Waals surface area contributed by atoms with Crippen LogP contribution in [0, 0.1) is 6.92 Å². The number of nitrogens with zero attached hydrogens (tertiary/aromatic N) is 3. The van der Waals surface area contributed by atoms with E-state index in [2.05, 4.69) is 52.7 Å². The predicted octanol–water partition coefficient (Wildman–Crippen LogP) is 5.80. The molecule has 0 spiro atoms. The van der Waals surface area contributed by atoms with Crippen LogP contribution in [-0.4, -0.2) is 14.8 Å². The van der Waals surface area contributed by atoms with Gasteiger partial charge in [0, 0.05) is 16.2 Å². The minimum absolute atomic E-state index is 0.175. The molecule has 2 atom stereocenters. The van der Waals surface area contributed by atoms with Crippen LogP contribution in [0.4, 0.5) is 5.95 Å². The largest absolute Gasteiger partial charge is 0.480 e. The normalized spacial score (nSPS) is 19.0. The van der Waals surface area contributed by atoms with E-state index in [1.165, 1.54) is 5.56 Å². The highest BCUT2D eigenvalue weighted by Crippen LogP contribution is 2.50. The molecule has 3 aromatic carbocycles. The Morgan fingerprint density at radius 2 is 1.68 bits per heavy atom. The van der Waals surface area contributed by atoms with Crippen LogP contribution in [0.3, 0.4) is 0 Å². The molecule has 0 fully saturated rings. The summed E-state index contributed by atoms with van der Waals surface area (Å²) in [5, 5.41) is 8.77. The molecule has 2 aliphatic rings. The van der Waals surface area contributed by atoms with Crippen molar-refractivity contribution in [1.82, 2.24) is 14.8 Å². The average molecular weight is 427 g/mol. The molecule has 0 bridgehead atoms. The van der Waals surface area contributed by atoms with Crippen molar-refractivity contribution in [2.24, 2.45) is 0 Å². The lowest BCUT2D eigenvalue weighted by molar-refractivity contribution is 0.223. The number of aryl methyl sites for hydroxylation is 1. The van der Waals surface area contributed by atoms with Crippen molar-refractivity contribution in [2.75, 3.05) is 5.32 Å². The van der Waals surface area contributed by atoms with Crippen molar-refractivity contribution in [1.29, 1.82) is 0 Å². The van der Waals surface area contributed by atoms with Gasteiger partial charge in [0.05, 0.1) is 5.70 Å². The van der Waals surface area contributed by atoms with E-state index >= 15 is 0 Å². The summed E-state index contributed by atoms with van der Waals surface area (Å²) in [6.07, 6.45) is 1.31. The third kappa shape index (κ3) is 2.93. The quantitative estimate of drug-likeness (QED) is 0.440. The van der Waals surface area contributed by atoms with Crippen molar-refractivity contribution in [3.63, 3.8) is 0 Å². The maximum absolute atomic E-state index is 6.61. The number of fused-ring (bicyclic) bond motifs is 3. The number of para-hydroxylation sites is 1. The molecule has 0 amide bonds. The molecule has 6 heteroatoms. The number of nitrogens with one attached hydrogen (secondary N) is 1. The van der Waals surface area contributed by atoms with E-state index in [4.69, 9.17) is 16.3 Å². The maximum Gasteiger partial charge on any atom is 0.226 e. The van der Waals surface area contributed by atoms with Crippen molar-refractivity contribution >= 4 is 23.2 Å². The minimum Gasteiger partial charge on any atom is -0.480 e. The van der Waals surface area contributed by atoms with E-state index < -0.39 is 0 Å². The number of halogens is 1. The Bertz CT molecular complexity index is 1310. The third-order valence-corrected chi connectivity index (χ3v) is 6.14. The van der Waals surface area contributed by atoms with Gasteiger partial charge in [0.1, 0.15) is 24.2 Å². The van der Waals surface area contributed by atoms with Gasteiger partial charge in [-0.15, -0.1) is 0 Å². The lowest BCUT2D eigenvalue weighted by Crippen LogP contribution is -2.32. The van der Waals surface area contributed by atoms with Gasteiger partial charge in [0.15, 0.2) is 0 Å². The van der Waals surface area contributed by atoms with Crippen LogP contribution in [0.15, 0.2) is 84.7 Å². The number of benzene rings is 3. The Hall–Kier alpha value is -3.57. The zero-order valence-corrected chi connectivity index (χ0v) is 17.5. The summed E-state index contributed by atoms with van der Waals surface area (Å²) in [4.78, 5) is 4.46. The molecule has 3 heterocycles. The Morgan fingerprint density at radius 3 is 2.48 bits per heavy atom. The van der Waals surface area contributed by atoms with Crippen LogP contribution >= 0.6 is 11.6 Å². The fraction of sp³-hybridized carbons (Fsp3) is 0.120. The first-order chi connectivity index (χ1) is 15.2. The molecule has 5 nitrogen and oxygen atoms in total. The van der Waals surface area contributed by atoms with Crippen molar-refractivity contribution in [2.45, 2.75) is 19.1 Å². The van der Waals surface area contributed by atoms with E-state index in [9.17, 15) is 0 Å². The zero-order valence-electron chi connectivity index (χ0n) is 16.8. The molecular formula is C25H19ClN4O. The van der Waals surface area contributed by atoms with Crippen LogP contribution in [-0.2, 0) is 0 Å². The summed E-state index contributed by atoms with van der Waals surface area (Å²) in [5.74, 6) is 1.56. The maximum atomic E-state index is 6.61. The Morgan fingerprint density at radius 1 is 0.935 bits per heavy atom. The lowest BCUT2D eigenvalue weighted by atomic mass is 9.84. The number of hydrogen-bond donors (Lipinski definition) is 1. The molecule has 2 aliphatic heterocycles. The van der Waals surface area contributed by atoms with Crippen LogP contribution in [0.5, 0.6) is 5.75 Å². The second kappa shape index (κ2) is 7.00. The summed E-state index contributed by atoms with van der Waals surface area (Å²) in [6.45, 7) is 2.09. The van der Waals surface area contributed by atoms with Gasteiger partial charge in [-0.2, -0.15) is 10.1 Å². The predicted molar refractivity (Wildman–Crippen MR) is 121 cm³/mol. The van der Waals surface area contributed by atoms with E-state index in [-0.39, 0.29) is 12.1 Å². The first kappa shape index (κ1) is 18.2. The monoisotopic (exact) mass is 426 g/mol. The summed E-state index contributed by atoms with van der Waals surface area (Å²) in [5.41, 5.74) is 6.52. The summed E-state index contributed by atoms with van der Waals surface area (Å²) >= 11 is 6.19. The molecular weight excluding hydrogens is 408 g/mol. The first-order valence-electron chi connectivity index (χ1n) is 10.2. The average Bonchev–Trinajstić information content (AvgIpc) is 3.27. The molecule has 152 valence electrons. The number of anilines is 1. The Kier molecular flexibility index (Phi) is 4.11.